The molecule has 1 aromatic rings. The average molecular weight is 255 g/mol. The van der Waals surface area contributed by atoms with Crippen molar-refractivity contribution in [2.75, 3.05) is 24.2 Å². The summed E-state index contributed by atoms with van der Waals surface area (Å²) in [4.78, 5) is 0. The maximum absolute atomic E-state index is 9.52. The zero-order valence-electron chi connectivity index (χ0n) is 9.88. The summed E-state index contributed by atoms with van der Waals surface area (Å²) >= 11 is 5.94. The number of halogens is 1. The van der Waals surface area contributed by atoms with Crippen molar-refractivity contribution in [2.45, 2.75) is 25.7 Å². The van der Waals surface area contributed by atoms with Crippen LogP contribution in [0.3, 0.4) is 0 Å². The molecule has 94 valence electrons. The second-order valence-electron chi connectivity index (χ2n) is 4.95. The third kappa shape index (κ3) is 2.85. The van der Waals surface area contributed by atoms with Crippen molar-refractivity contribution in [3.05, 3.63) is 23.2 Å². The van der Waals surface area contributed by atoms with E-state index in [1.165, 1.54) is 12.8 Å². The SMILES string of the molecule is Nc1ccc(Cl)cc1NCC1(CO)CCCC1. The Morgan fingerprint density at radius 3 is 2.71 bits per heavy atom. The van der Waals surface area contributed by atoms with Gasteiger partial charge in [0, 0.05) is 17.0 Å². The van der Waals surface area contributed by atoms with E-state index in [4.69, 9.17) is 17.3 Å². The molecule has 0 saturated heterocycles. The first-order valence-electron chi connectivity index (χ1n) is 6.05. The second-order valence-corrected chi connectivity index (χ2v) is 5.39. The lowest BCUT2D eigenvalue weighted by atomic mass is 9.87. The summed E-state index contributed by atoms with van der Waals surface area (Å²) in [6, 6.07) is 5.40. The molecular formula is C13H19ClN2O. The molecule has 0 spiro atoms. The third-order valence-corrected chi connectivity index (χ3v) is 3.90. The van der Waals surface area contributed by atoms with Crippen molar-refractivity contribution in [1.29, 1.82) is 0 Å². The predicted molar refractivity (Wildman–Crippen MR) is 72.3 cm³/mol. The molecule has 4 N–H and O–H groups in total. The van der Waals surface area contributed by atoms with Crippen LogP contribution in [-0.4, -0.2) is 18.3 Å². The largest absolute Gasteiger partial charge is 0.397 e. The second kappa shape index (κ2) is 5.15. The molecule has 2 rings (SSSR count). The maximum Gasteiger partial charge on any atom is 0.0589 e. The summed E-state index contributed by atoms with van der Waals surface area (Å²) < 4.78 is 0. The van der Waals surface area contributed by atoms with Gasteiger partial charge in [-0.2, -0.15) is 0 Å². The normalized spacial score (nSPS) is 18.2. The molecule has 0 aromatic heterocycles. The summed E-state index contributed by atoms with van der Waals surface area (Å²) in [5.41, 5.74) is 7.45. The Hall–Kier alpha value is -0.930. The summed E-state index contributed by atoms with van der Waals surface area (Å²) in [6.07, 6.45) is 4.56. The first kappa shape index (κ1) is 12.5. The predicted octanol–water partition coefficient (Wildman–Crippen LogP) is 2.89. The van der Waals surface area contributed by atoms with E-state index >= 15 is 0 Å². The molecule has 1 fully saturated rings. The van der Waals surface area contributed by atoms with Crippen LogP contribution in [0.2, 0.25) is 5.02 Å². The topological polar surface area (TPSA) is 58.3 Å². The number of nitrogens with two attached hydrogens (primary N) is 1. The van der Waals surface area contributed by atoms with Crippen LogP contribution in [-0.2, 0) is 0 Å². The number of benzene rings is 1. The molecule has 1 saturated carbocycles. The molecule has 0 unspecified atom stereocenters. The molecular weight excluding hydrogens is 236 g/mol. The molecule has 1 aliphatic rings. The van der Waals surface area contributed by atoms with Crippen molar-refractivity contribution in [3.8, 4) is 0 Å². The quantitative estimate of drug-likeness (QED) is 0.724. The Kier molecular flexibility index (Phi) is 3.79. The van der Waals surface area contributed by atoms with Crippen molar-refractivity contribution in [3.63, 3.8) is 0 Å². The number of nitrogens with one attached hydrogen (secondary N) is 1. The number of aliphatic hydroxyl groups is 1. The molecule has 0 aliphatic heterocycles. The smallest absolute Gasteiger partial charge is 0.0589 e. The van der Waals surface area contributed by atoms with E-state index in [1.54, 1.807) is 12.1 Å². The molecule has 3 nitrogen and oxygen atoms in total. The molecule has 0 heterocycles. The summed E-state index contributed by atoms with van der Waals surface area (Å²) in [5, 5.41) is 13.5. The van der Waals surface area contributed by atoms with Gasteiger partial charge in [0.15, 0.2) is 0 Å². The van der Waals surface area contributed by atoms with Gasteiger partial charge in [0.2, 0.25) is 0 Å². The number of hydrogen-bond acceptors (Lipinski definition) is 3. The van der Waals surface area contributed by atoms with Gasteiger partial charge < -0.3 is 16.2 Å². The molecule has 0 amide bonds. The van der Waals surface area contributed by atoms with Gasteiger partial charge >= 0.3 is 0 Å². The highest BCUT2D eigenvalue weighted by molar-refractivity contribution is 6.31. The highest BCUT2D eigenvalue weighted by Crippen LogP contribution is 2.38. The lowest BCUT2D eigenvalue weighted by Crippen LogP contribution is -2.30. The highest BCUT2D eigenvalue weighted by Gasteiger charge is 2.32. The summed E-state index contributed by atoms with van der Waals surface area (Å²) in [7, 11) is 0. The highest BCUT2D eigenvalue weighted by atomic mass is 35.5. The molecule has 0 bridgehead atoms. The number of aliphatic hydroxyl groups excluding tert-OH is 1. The lowest BCUT2D eigenvalue weighted by molar-refractivity contribution is 0.142. The van der Waals surface area contributed by atoms with Gasteiger partial charge in [-0.3, -0.25) is 0 Å². The van der Waals surface area contributed by atoms with Crippen LogP contribution in [0.25, 0.3) is 0 Å². The van der Waals surface area contributed by atoms with Crippen LogP contribution >= 0.6 is 11.6 Å². The molecule has 4 heteroatoms. The Morgan fingerprint density at radius 1 is 1.35 bits per heavy atom. The van der Waals surface area contributed by atoms with Gasteiger partial charge in [-0.15, -0.1) is 0 Å². The van der Waals surface area contributed by atoms with Crippen LogP contribution in [0.15, 0.2) is 18.2 Å². The van der Waals surface area contributed by atoms with E-state index in [2.05, 4.69) is 5.32 Å². The molecule has 0 radical (unpaired) electrons. The fourth-order valence-electron chi connectivity index (χ4n) is 2.48. The van der Waals surface area contributed by atoms with Gasteiger partial charge in [0.05, 0.1) is 18.0 Å². The van der Waals surface area contributed by atoms with Crippen molar-refractivity contribution in [1.82, 2.24) is 0 Å². The molecule has 0 atom stereocenters. The zero-order valence-corrected chi connectivity index (χ0v) is 10.6. The average Bonchev–Trinajstić information content (AvgIpc) is 2.80. The van der Waals surface area contributed by atoms with E-state index in [0.717, 1.165) is 25.1 Å². The minimum atomic E-state index is 0.0226. The summed E-state index contributed by atoms with van der Waals surface area (Å²) in [6.45, 7) is 0.995. The molecule has 1 aliphatic carbocycles. The van der Waals surface area contributed by atoms with Gasteiger partial charge in [-0.1, -0.05) is 24.4 Å². The van der Waals surface area contributed by atoms with E-state index < -0.39 is 0 Å². The van der Waals surface area contributed by atoms with E-state index in [-0.39, 0.29) is 12.0 Å². The zero-order chi connectivity index (χ0) is 12.3. The third-order valence-electron chi connectivity index (χ3n) is 3.67. The first-order valence-corrected chi connectivity index (χ1v) is 6.43. The molecule has 17 heavy (non-hydrogen) atoms. The van der Waals surface area contributed by atoms with Crippen molar-refractivity contribution in [2.24, 2.45) is 5.41 Å². The fraction of sp³-hybridized carbons (Fsp3) is 0.538. The number of anilines is 2. The van der Waals surface area contributed by atoms with E-state index in [1.807, 2.05) is 6.07 Å². The van der Waals surface area contributed by atoms with Crippen LogP contribution in [0.1, 0.15) is 25.7 Å². The minimum absolute atomic E-state index is 0.0226. The first-order chi connectivity index (χ1) is 8.15. The van der Waals surface area contributed by atoms with E-state index in [9.17, 15) is 5.11 Å². The summed E-state index contributed by atoms with van der Waals surface area (Å²) in [5.74, 6) is 0. The monoisotopic (exact) mass is 254 g/mol. The van der Waals surface area contributed by atoms with Gasteiger partial charge in [0.1, 0.15) is 0 Å². The fourth-order valence-corrected chi connectivity index (χ4v) is 2.65. The number of hydrogen-bond donors (Lipinski definition) is 3. The standard InChI is InChI=1S/C13H19ClN2O/c14-10-3-4-11(15)12(7-10)16-8-13(9-17)5-1-2-6-13/h3-4,7,16-17H,1-2,5-6,8-9,15H2. The van der Waals surface area contributed by atoms with Crippen LogP contribution in [0.4, 0.5) is 11.4 Å². The van der Waals surface area contributed by atoms with E-state index in [0.29, 0.717) is 10.7 Å². The molecule has 1 aromatic carbocycles. The van der Waals surface area contributed by atoms with Crippen LogP contribution in [0, 0.1) is 5.41 Å². The minimum Gasteiger partial charge on any atom is -0.397 e. The van der Waals surface area contributed by atoms with Gasteiger partial charge in [-0.25, -0.2) is 0 Å². The van der Waals surface area contributed by atoms with Crippen LogP contribution < -0.4 is 11.1 Å². The maximum atomic E-state index is 9.52. The van der Waals surface area contributed by atoms with Gasteiger partial charge in [0.25, 0.3) is 0 Å². The Balaban J connectivity index is 2.03. The Morgan fingerprint density at radius 2 is 2.06 bits per heavy atom. The Bertz CT molecular complexity index is 389. The Labute approximate surface area is 107 Å². The van der Waals surface area contributed by atoms with Crippen LogP contribution in [0.5, 0.6) is 0 Å². The van der Waals surface area contributed by atoms with Crippen molar-refractivity contribution >= 4 is 23.0 Å². The van der Waals surface area contributed by atoms with Gasteiger partial charge in [-0.05, 0) is 31.0 Å². The lowest BCUT2D eigenvalue weighted by Gasteiger charge is -2.27. The number of rotatable bonds is 4. The van der Waals surface area contributed by atoms with Crippen molar-refractivity contribution < 1.29 is 5.11 Å². The number of nitrogen functional groups attached to an aromatic ring is 1.